The highest BCUT2D eigenvalue weighted by atomic mass is 32.2. The average Bonchev–Trinajstić information content (AvgIpc) is 2.82. The molecule has 0 radical (unpaired) electrons. The maximum atomic E-state index is 13.0. The van der Waals surface area contributed by atoms with Gasteiger partial charge in [0.25, 0.3) is 0 Å². The van der Waals surface area contributed by atoms with E-state index in [1.807, 2.05) is 24.4 Å². The number of rotatable bonds is 5. The summed E-state index contributed by atoms with van der Waals surface area (Å²) in [6.07, 6.45) is 0.874. The van der Waals surface area contributed by atoms with Crippen LogP contribution in [-0.4, -0.2) is 11.0 Å². The molecule has 0 bridgehead atoms. The van der Waals surface area contributed by atoms with Gasteiger partial charge in [-0.05, 0) is 31.0 Å². The first-order valence-electron chi connectivity index (χ1n) is 6.20. The molecule has 0 aliphatic rings. The Morgan fingerprint density at radius 1 is 1.37 bits per heavy atom. The van der Waals surface area contributed by atoms with Gasteiger partial charge < -0.3 is 5.73 Å². The quantitative estimate of drug-likeness (QED) is 0.842. The molecule has 0 spiro atoms. The summed E-state index contributed by atoms with van der Waals surface area (Å²) in [5, 5.41) is 2.14. The maximum absolute atomic E-state index is 13.0. The van der Waals surface area contributed by atoms with Crippen molar-refractivity contribution < 1.29 is 4.39 Å². The Bertz CT molecular complexity index is 524. The molecule has 0 aliphatic heterocycles. The van der Waals surface area contributed by atoms with E-state index in [0.717, 1.165) is 22.0 Å². The minimum Gasteiger partial charge on any atom is -0.326 e. The highest BCUT2D eigenvalue weighted by molar-refractivity contribution is 8.01. The van der Waals surface area contributed by atoms with Gasteiger partial charge in [-0.1, -0.05) is 30.8 Å². The number of halogens is 1. The molecule has 2 N–H and O–H groups in total. The lowest BCUT2D eigenvalue weighted by atomic mass is 10.0. The number of hydrogen-bond acceptors (Lipinski definition) is 4. The van der Waals surface area contributed by atoms with Crippen molar-refractivity contribution in [2.75, 3.05) is 0 Å². The number of nitrogens with zero attached hydrogens (tertiary/aromatic N) is 1. The predicted molar refractivity (Wildman–Crippen MR) is 80.1 cm³/mol. The molecule has 1 aromatic carbocycles. The Balaban J connectivity index is 2.23. The normalized spacial score (nSPS) is 14.3. The second-order valence-electron chi connectivity index (χ2n) is 4.42. The van der Waals surface area contributed by atoms with E-state index in [-0.39, 0.29) is 17.1 Å². The molecule has 0 aliphatic carbocycles. The van der Waals surface area contributed by atoms with Crippen molar-refractivity contribution in [2.45, 2.75) is 35.9 Å². The molecular formula is C14H17FN2S2. The van der Waals surface area contributed by atoms with Gasteiger partial charge in [-0.15, -0.1) is 11.3 Å². The first-order valence-corrected chi connectivity index (χ1v) is 7.96. The number of thiazole rings is 1. The number of thioether (sulfide) groups is 1. The number of benzene rings is 1. The zero-order valence-corrected chi connectivity index (χ0v) is 12.6. The topological polar surface area (TPSA) is 38.9 Å². The fourth-order valence-corrected chi connectivity index (χ4v) is 4.04. The lowest BCUT2D eigenvalue weighted by Crippen LogP contribution is -2.25. The molecule has 0 amide bonds. The number of hydrogen-bond donors (Lipinski definition) is 1. The summed E-state index contributed by atoms with van der Waals surface area (Å²) in [7, 11) is 0. The van der Waals surface area contributed by atoms with Crippen molar-refractivity contribution >= 4 is 23.1 Å². The summed E-state index contributed by atoms with van der Waals surface area (Å²) in [5.74, 6) is -0.220. The molecule has 2 atom stereocenters. The fourth-order valence-electron chi connectivity index (χ4n) is 1.76. The molecule has 5 heteroatoms. The fraction of sp³-hybridized carbons (Fsp3) is 0.357. The second kappa shape index (κ2) is 6.50. The van der Waals surface area contributed by atoms with Crippen molar-refractivity contribution in [1.82, 2.24) is 4.98 Å². The van der Waals surface area contributed by atoms with Crippen molar-refractivity contribution in [1.29, 1.82) is 0 Å². The molecule has 2 nitrogen and oxygen atoms in total. The van der Waals surface area contributed by atoms with Gasteiger partial charge in [0, 0.05) is 17.1 Å². The number of aromatic nitrogens is 1. The first-order chi connectivity index (χ1) is 9.10. The lowest BCUT2D eigenvalue weighted by molar-refractivity contribution is 0.617. The minimum atomic E-state index is -0.220. The third-order valence-electron chi connectivity index (χ3n) is 2.88. The number of aryl methyl sites for hydroxylation is 1. The Hall–Kier alpha value is -0.910. The highest BCUT2D eigenvalue weighted by Crippen LogP contribution is 2.39. The summed E-state index contributed by atoms with van der Waals surface area (Å²) in [6.45, 7) is 4.04. The summed E-state index contributed by atoms with van der Waals surface area (Å²) >= 11 is 3.29. The SMILES string of the molecule is CCC(N)C(Sc1nc(C)cs1)c1ccc(F)cc1. The Morgan fingerprint density at radius 3 is 2.58 bits per heavy atom. The molecule has 102 valence electrons. The molecule has 1 aromatic heterocycles. The van der Waals surface area contributed by atoms with Gasteiger partial charge in [-0.25, -0.2) is 9.37 Å². The minimum absolute atomic E-state index is 0.0275. The Morgan fingerprint density at radius 2 is 2.05 bits per heavy atom. The van der Waals surface area contributed by atoms with Gasteiger partial charge in [-0.3, -0.25) is 0 Å². The third kappa shape index (κ3) is 3.78. The van der Waals surface area contributed by atoms with Crippen LogP contribution in [0.25, 0.3) is 0 Å². The second-order valence-corrected chi connectivity index (χ2v) is 6.66. The standard InChI is InChI=1S/C14H17FN2S2/c1-3-12(16)13(10-4-6-11(15)7-5-10)19-14-17-9(2)8-18-14/h4-8,12-13H,3,16H2,1-2H3. The number of nitrogens with two attached hydrogens (primary N) is 1. The molecule has 2 aromatic rings. The summed E-state index contributed by atoms with van der Waals surface area (Å²) in [4.78, 5) is 4.46. The van der Waals surface area contributed by atoms with Crippen LogP contribution in [0.2, 0.25) is 0 Å². The summed E-state index contributed by atoms with van der Waals surface area (Å²) in [5.41, 5.74) is 8.28. The smallest absolute Gasteiger partial charge is 0.150 e. The highest BCUT2D eigenvalue weighted by Gasteiger charge is 2.21. The largest absolute Gasteiger partial charge is 0.326 e. The van der Waals surface area contributed by atoms with E-state index in [1.165, 1.54) is 12.1 Å². The van der Waals surface area contributed by atoms with Crippen LogP contribution in [0.1, 0.15) is 29.9 Å². The van der Waals surface area contributed by atoms with Crippen molar-refractivity contribution in [2.24, 2.45) is 5.73 Å². The van der Waals surface area contributed by atoms with Crippen LogP contribution in [0.4, 0.5) is 4.39 Å². The van der Waals surface area contributed by atoms with E-state index in [4.69, 9.17) is 5.73 Å². The summed E-state index contributed by atoms with van der Waals surface area (Å²) < 4.78 is 14.0. The third-order valence-corrected chi connectivity index (χ3v) is 5.38. The zero-order valence-electron chi connectivity index (χ0n) is 11.0. The monoisotopic (exact) mass is 296 g/mol. The van der Waals surface area contributed by atoms with Gasteiger partial charge in [-0.2, -0.15) is 0 Å². The van der Waals surface area contributed by atoms with Crippen LogP contribution < -0.4 is 5.73 Å². The first kappa shape index (κ1) is 14.5. The Kier molecular flexibility index (Phi) is 4.96. The van der Waals surface area contributed by atoms with Crippen LogP contribution in [0.5, 0.6) is 0 Å². The van der Waals surface area contributed by atoms with Crippen LogP contribution in [0, 0.1) is 12.7 Å². The molecule has 19 heavy (non-hydrogen) atoms. The molecule has 0 fully saturated rings. The van der Waals surface area contributed by atoms with Gasteiger partial charge >= 0.3 is 0 Å². The van der Waals surface area contributed by atoms with Crippen LogP contribution >= 0.6 is 23.1 Å². The van der Waals surface area contributed by atoms with E-state index in [9.17, 15) is 4.39 Å². The molecule has 0 saturated heterocycles. The zero-order chi connectivity index (χ0) is 13.8. The molecule has 0 saturated carbocycles. The van der Waals surface area contributed by atoms with E-state index >= 15 is 0 Å². The predicted octanol–water partition coefficient (Wildman–Crippen LogP) is 4.16. The average molecular weight is 296 g/mol. The van der Waals surface area contributed by atoms with Gasteiger partial charge in [0.2, 0.25) is 0 Å². The van der Waals surface area contributed by atoms with E-state index < -0.39 is 0 Å². The van der Waals surface area contributed by atoms with E-state index in [0.29, 0.717) is 0 Å². The van der Waals surface area contributed by atoms with E-state index in [1.54, 1.807) is 23.1 Å². The lowest BCUT2D eigenvalue weighted by Gasteiger charge is -2.21. The van der Waals surface area contributed by atoms with Crippen molar-refractivity contribution in [3.05, 3.63) is 46.7 Å². The van der Waals surface area contributed by atoms with Gasteiger partial charge in [0.05, 0.1) is 5.25 Å². The van der Waals surface area contributed by atoms with Crippen molar-refractivity contribution in [3.8, 4) is 0 Å². The molecule has 2 rings (SSSR count). The van der Waals surface area contributed by atoms with Gasteiger partial charge in [0.15, 0.2) is 4.34 Å². The van der Waals surface area contributed by atoms with Crippen LogP contribution in [0.3, 0.4) is 0 Å². The Labute approximate surface area is 121 Å². The molecule has 1 heterocycles. The van der Waals surface area contributed by atoms with Gasteiger partial charge in [0.1, 0.15) is 5.82 Å². The van der Waals surface area contributed by atoms with Crippen LogP contribution in [-0.2, 0) is 0 Å². The summed E-state index contributed by atoms with van der Waals surface area (Å²) in [6, 6.07) is 6.61. The molecular weight excluding hydrogens is 279 g/mol. The van der Waals surface area contributed by atoms with Crippen LogP contribution in [0.15, 0.2) is 34.0 Å². The van der Waals surface area contributed by atoms with E-state index in [2.05, 4.69) is 11.9 Å². The maximum Gasteiger partial charge on any atom is 0.150 e. The molecule has 2 unspecified atom stereocenters. The van der Waals surface area contributed by atoms with Crippen molar-refractivity contribution in [3.63, 3.8) is 0 Å².